The number of hydrogen-bond acceptors (Lipinski definition) is 4. The number of nitrogens with zero attached hydrogens (tertiary/aromatic N) is 2. The largest absolute Gasteiger partial charge is 0.478 e. The smallest absolute Gasteiger partial charge is 0.337 e. The first-order chi connectivity index (χ1) is 9.09. The van der Waals surface area contributed by atoms with Gasteiger partial charge in [0.1, 0.15) is 11.5 Å². The Balaban J connectivity index is 2.34. The molecule has 7 heteroatoms. The number of carboxylic acid groups (broad SMARTS) is 1. The Labute approximate surface area is 106 Å². The molecule has 0 spiro atoms. The van der Waals surface area contributed by atoms with Crippen LogP contribution in [0.2, 0.25) is 0 Å². The van der Waals surface area contributed by atoms with E-state index in [0.717, 1.165) is 6.07 Å². The molecule has 0 radical (unpaired) electrons. The quantitative estimate of drug-likeness (QED) is 0.874. The Bertz CT molecular complexity index is 631. The first-order valence-electron chi connectivity index (χ1n) is 5.19. The fourth-order valence-corrected chi connectivity index (χ4v) is 1.42. The number of carbonyl (C=O) groups is 2. The monoisotopic (exact) mass is 261 g/mol. The van der Waals surface area contributed by atoms with Crippen LogP contribution in [-0.4, -0.2) is 27.0 Å². The number of aromatic carboxylic acids is 1. The molecule has 2 N–H and O–H groups in total. The minimum atomic E-state index is -1.34. The summed E-state index contributed by atoms with van der Waals surface area (Å²) >= 11 is 0. The van der Waals surface area contributed by atoms with Gasteiger partial charge in [0.2, 0.25) is 0 Å². The zero-order chi connectivity index (χ0) is 13.8. The van der Waals surface area contributed by atoms with Gasteiger partial charge in [0.05, 0.1) is 17.4 Å². The number of benzene rings is 1. The van der Waals surface area contributed by atoms with Gasteiger partial charge in [-0.25, -0.2) is 14.2 Å². The van der Waals surface area contributed by atoms with Gasteiger partial charge in [-0.2, -0.15) is 0 Å². The number of carbonyl (C=O) groups excluding carboxylic acids is 1. The highest BCUT2D eigenvalue weighted by Crippen LogP contribution is 2.20. The molecule has 2 aromatic rings. The Morgan fingerprint density at radius 1 is 1.26 bits per heavy atom. The third-order valence-electron chi connectivity index (χ3n) is 2.28. The minimum Gasteiger partial charge on any atom is -0.478 e. The molecule has 0 saturated carbocycles. The van der Waals surface area contributed by atoms with Crippen molar-refractivity contribution in [1.29, 1.82) is 0 Å². The molecule has 1 aromatic carbocycles. The van der Waals surface area contributed by atoms with Crippen molar-refractivity contribution in [3.05, 3.63) is 53.9 Å². The van der Waals surface area contributed by atoms with E-state index in [1.165, 1.54) is 30.7 Å². The van der Waals surface area contributed by atoms with E-state index in [9.17, 15) is 14.0 Å². The summed E-state index contributed by atoms with van der Waals surface area (Å²) in [4.78, 5) is 30.1. The van der Waals surface area contributed by atoms with E-state index in [0.29, 0.717) is 0 Å². The van der Waals surface area contributed by atoms with Crippen molar-refractivity contribution in [2.75, 3.05) is 5.32 Å². The molecule has 19 heavy (non-hydrogen) atoms. The average Bonchev–Trinajstić information content (AvgIpc) is 2.41. The molecule has 0 aliphatic rings. The molecule has 0 unspecified atom stereocenters. The Morgan fingerprint density at radius 3 is 2.68 bits per heavy atom. The van der Waals surface area contributed by atoms with Crippen LogP contribution in [0.5, 0.6) is 0 Å². The van der Waals surface area contributed by atoms with Crippen LogP contribution in [0, 0.1) is 5.82 Å². The number of nitrogens with one attached hydrogen (secondary N) is 1. The van der Waals surface area contributed by atoms with Crippen LogP contribution >= 0.6 is 0 Å². The molecule has 1 heterocycles. The summed E-state index contributed by atoms with van der Waals surface area (Å²) in [5.41, 5.74) is -0.773. The summed E-state index contributed by atoms with van der Waals surface area (Å²) in [6.45, 7) is 0. The van der Waals surface area contributed by atoms with Gasteiger partial charge in [-0.3, -0.25) is 9.78 Å². The maximum Gasteiger partial charge on any atom is 0.337 e. The van der Waals surface area contributed by atoms with Gasteiger partial charge >= 0.3 is 5.97 Å². The van der Waals surface area contributed by atoms with Crippen LogP contribution in [0.15, 0.2) is 36.8 Å². The SMILES string of the molecule is O=C(Nc1c(F)cccc1C(=O)O)c1cnccn1. The molecular formula is C12H8FN3O3. The van der Waals surface area contributed by atoms with Gasteiger partial charge in [0.25, 0.3) is 5.91 Å². The number of para-hydroxylation sites is 1. The van der Waals surface area contributed by atoms with Crippen molar-refractivity contribution in [2.24, 2.45) is 0 Å². The minimum absolute atomic E-state index is 0.0397. The van der Waals surface area contributed by atoms with Gasteiger partial charge in [-0.05, 0) is 12.1 Å². The van der Waals surface area contributed by atoms with Crippen LogP contribution in [0.1, 0.15) is 20.8 Å². The molecule has 6 nitrogen and oxygen atoms in total. The third-order valence-corrected chi connectivity index (χ3v) is 2.28. The summed E-state index contributed by atoms with van der Waals surface area (Å²) in [5, 5.41) is 11.1. The van der Waals surface area contributed by atoms with Crippen LogP contribution in [0.3, 0.4) is 0 Å². The lowest BCUT2D eigenvalue weighted by molar-refractivity contribution is 0.0697. The zero-order valence-electron chi connectivity index (χ0n) is 9.50. The molecule has 0 aliphatic heterocycles. The second kappa shape index (κ2) is 5.21. The Hall–Kier alpha value is -2.83. The van der Waals surface area contributed by atoms with Gasteiger partial charge < -0.3 is 10.4 Å². The Morgan fingerprint density at radius 2 is 2.05 bits per heavy atom. The summed E-state index contributed by atoms with van der Waals surface area (Å²) in [6, 6.07) is 3.49. The summed E-state index contributed by atoms with van der Waals surface area (Å²) < 4.78 is 13.6. The maximum absolute atomic E-state index is 13.6. The molecule has 0 atom stereocenters. The summed E-state index contributed by atoms with van der Waals surface area (Å²) in [6.07, 6.45) is 3.87. The normalized spacial score (nSPS) is 9.95. The fourth-order valence-electron chi connectivity index (χ4n) is 1.42. The van der Waals surface area contributed by atoms with Crippen molar-refractivity contribution in [1.82, 2.24) is 9.97 Å². The molecule has 2 rings (SSSR count). The lowest BCUT2D eigenvalue weighted by Gasteiger charge is -2.08. The Kier molecular flexibility index (Phi) is 3.46. The van der Waals surface area contributed by atoms with E-state index in [1.807, 2.05) is 0 Å². The lowest BCUT2D eigenvalue weighted by Crippen LogP contribution is -2.17. The van der Waals surface area contributed by atoms with E-state index in [4.69, 9.17) is 5.11 Å². The van der Waals surface area contributed by atoms with Crippen LogP contribution < -0.4 is 5.32 Å². The van der Waals surface area contributed by atoms with E-state index >= 15 is 0 Å². The standard InChI is InChI=1S/C12H8FN3O3/c13-8-3-1-2-7(12(18)19)10(8)16-11(17)9-6-14-4-5-15-9/h1-6H,(H,16,17)(H,18,19). The molecule has 0 aliphatic carbocycles. The van der Waals surface area contributed by atoms with Crippen LogP contribution in [-0.2, 0) is 0 Å². The lowest BCUT2D eigenvalue weighted by atomic mass is 10.1. The summed E-state index contributed by atoms with van der Waals surface area (Å²) in [7, 11) is 0. The number of aromatic nitrogens is 2. The number of hydrogen-bond donors (Lipinski definition) is 2. The number of carboxylic acids is 1. The van der Waals surface area contributed by atoms with Gasteiger partial charge in [0, 0.05) is 12.4 Å². The zero-order valence-corrected chi connectivity index (χ0v) is 9.50. The topological polar surface area (TPSA) is 92.2 Å². The van der Waals surface area contributed by atoms with Crippen molar-refractivity contribution in [2.45, 2.75) is 0 Å². The number of anilines is 1. The first-order valence-corrected chi connectivity index (χ1v) is 5.19. The molecule has 96 valence electrons. The molecule has 1 aromatic heterocycles. The second-order valence-electron chi connectivity index (χ2n) is 3.51. The van der Waals surface area contributed by atoms with Crippen molar-refractivity contribution < 1.29 is 19.1 Å². The predicted octanol–water partition coefficient (Wildman–Crippen LogP) is 1.57. The van der Waals surface area contributed by atoms with Gasteiger partial charge in [0.15, 0.2) is 0 Å². The third kappa shape index (κ3) is 2.71. The molecule has 1 amide bonds. The number of amides is 1. The van der Waals surface area contributed by atoms with E-state index in [1.54, 1.807) is 0 Å². The highest BCUT2D eigenvalue weighted by atomic mass is 19.1. The van der Waals surface area contributed by atoms with Crippen LogP contribution in [0.4, 0.5) is 10.1 Å². The average molecular weight is 261 g/mol. The van der Waals surface area contributed by atoms with E-state index < -0.39 is 23.4 Å². The van der Waals surface area contributed by atoms with Crippen molar-refractivity contribution in [3.63, 3.8) is 0 Å². The molecular weight excluding hydrogens is 253 g/mol. The van der Waals surface area contributed by atoms with Gasteiger partial charge in [-0.1, -0.05) is 6.07 Å². The van der Waals surface area contributed by atoms with E-state index in [-0.39, 0.29) is 11.3 Å². The second-order valence-corrected chi connectivity index (χ2v) is 3.51. The van der Waals surface area contributed by atoms with E-state index in [2.05, 4.69) is 15.3 Å². The first kappa shape index (κ1) is 12.6. The number of rotatable bonds is 3. The summed E-state index contributed by atoms with van der Waals surface area (Å²) in [5.74, 6) is -2.91. The highest BCUT2D eigenvalue weighted by Gasteiger charge is 2.17. The fraction of sp³-hybridized carbons (Fsp3) is 0. The highest BCUT2D eigenvalue weighted by molar-refractivity contribution is 6.06. The van der Waals surface area contributed by atoms with Gasteiger partial charge in [-0.15, -0.1) is 0 Å². The van der Waals surface area contributed by atoms with Crippen molar-refractivity contribution in [3.8, 4) is 0 Å². The van der Waals surface area contributed by atoms with Crippen molar-refractivity contribution >= 4 is 17.6 Å². The molecule has 0 saturated heterocycles. The maximum atomic E-state index is 13.6. The van der Waals surface area contributed by atoms with Crippen LogP contribution in [0.25, 0.3) is 0 Å². The molecule has 0 fully saturated rings. The predicted molar refractivity (Wildman–Crippen MR) is 63.3 cm³/mol. The number of halogens is 1. The molecule has 0 bridgehead atoms.